The van der Waals surface area contributed by atoms with E-state index < -0.39 is 0 Å². The lowest BCUT2D eigenvalue weighted by atomic mass is 10.1. The fourth-order valence-corrected chi connectivity index (χ4v) is 2.28. The molecule has 1 aromatic carbocycles. The quantitative estimate of drug-likeness (QED) is 0.804. The summed E-state index contributed by atoms with van der Waals surface area (Å²) in [6.07, 6.45) is 0.173. The zero-order valence-electron chi connectivity index (χ0n) is 11.1. The molecule has 1 heterocycles. The molecule has 1 amide bonds. The average molecular weight is 249 g/mol. The van der Waals surface area contributed by atoms with Crippen molar-refractivity contribution in [2.45, 2.75) is 26.1 Å². The highest BCUT2D eigenvalue weighted by molar-refractivity contribution is 5.94. The summed E-state index contributed by atoms with van der Waals surface area (Å²) < 4.78 is 10.8. The molecule has 4 heteroatoms. The third-order valence-corrected chi connectivity index (χ3v) is 3.02. The highest BCUT2D eigenvalue weighted by atomic mass is 16.5. The van der Waals surface area contributed by atoms with E-state index >= 15 is 0 Å². The second kappa shape index (κ2) is 5.40. The average Bonchev–Trinajstić information content (AvgIpc) is 2.37. The van der Waals surface area contributed by atoms with Crippen molar-refractivity contribution < 1.29 is 14.3 Å². The minimum absolute atomic E-state index is 0.0379. The minimum atomic E-state index is 0.0379. The van der Waals surface area contributed by atoms with Gasteiger partial charge in [-0.2, -0.15) is 0 Å². The molecule has 1 saturated heterocycles. The van der Waals surface area contributed by atoms with Gasteiger partial charge >= 0.3 is 0 Å². The van der Waals surface area contributed by atoms with Crippen molar-refractivity contribution in [3.05, 3.63) is 29.8 Å². The first-order chi connectivity index (χ1) is 8.60. The van der Waals surface area contributed by atoms with Gasteiger partial charge in [0, 0.05) is 18.7 Å². The van der Waals surface area contributed by atoms with E-state index in [1.807, 2.05) is 36.9 Å². The zero-order valence-corrected chi connectivity index (χ0v) is 11.1. The molecule has 0 bridgehead atoms. The number of morpholine rings is 1. The van der Waals surface area contributed by atoms with Crippen LogP contribution in [0, 0.1) is 0 Å². The number of hydrogen-bond donors (Lipinski definition) is 0. The molecular formula is C14H19NO3. The molecule has 1 aliphatic heterocycles. The Morgan fingerprint density at radius 1 is 1.33 bits per heavy atom. The Hall–Kier alpha value is -1.55. The maximum atomic E-state index is 12.4. The number of amides is 1. The lowest BCUT2D eigenvalue weighted by Gasteiger charge is -2.35. The van der Waals surface area contributed by atoms with E-state index in [-0.39, 0.29) is 18.1 Å². The van der Waals surface area contributed by atoms with Crippen molar-refractivity contribution in [3.63, 3.8) is 0 Å². The van der Waals surface area contributed by atoms with Gasteiger partial charge in [0.1, 0.15) is 5.75 Å². The number of nitrogens with zero attached hydrogens (tertiary/aromatic N) is 1. The summed E-state index contributed by atoms with van der Waals surface area (Å²) in [7, 11) is 1.60. The van der Waals surface area contributed by atoms with E-state index in [2.05, 4.69) is 0 Å². The summed E-state index contributed by atoms with van der Waals surface area (Å²) in [4.78, 5) is 14.2. The molecular weight excluding hydrogens is 230 g/mol. The van der Waals surface area contributed by atoms with Gasteiger partial charge in [-0.15, -0.1) is 0 Å². The lowest BCUT2D eigenvalue weighted by Crippen LogP contribution is -2.48. The van der Waals surface area contributed by atoms with Crippen LogP contribution in [0.25, 0.3) is 0 Å². The van der Waals surface area contributed by atoms with E-state index in [0.717, 1.165) is 0 Å². The summed E-state index contributed by atoms with van der Waals surface area (Å²) in [5.41, 5.74) is 0.663. The number of hydrogen-bond acceptors (Lipinski definition) is 3. The topological polar surface area (TPSA) is 38.8 Å². The monoisotopic (exact) mass is 249 g/mol. The van der Waals surface area contributed by atoms with E-state index in [0.29, 0.717) is 24.4 Å². The predicted octanol–water partition coefficient (Wildman–Crippen LogP) is 1.94. The van der Waals surface area contributed by atoms with Crippen LogP contribution in [0.1, 0.15) is 24.2 Å². The molecule has 0 aliphatic carbocycles. The molecule has 0 N–H and O–H groups in total. The van der Waals surface area contributed by atoms with Crippen LogP contribution in [-0.2, 0) is 4.74 Å². The molecule has 2 rings (SSSR count). The Morgan fingerprint density at radius 2 is 2.00 bits per heavy atom. The summed E-state index contributed by atoms with van der Waals surface area (Å²) >= 11 is 0. The second-order valence-corrected chi connectivity index (χ2v) is 4.70. The highest BCUT2D eigenvalue weighted by Gasteiger charge is 2.26. The van der Waals surface area contributed by atoms with Crippen LogP contribution >= 0.6 is 0 Å². The molecule has 0 aromatic heterocycles. The smallest absolute Gasteiger partial charge is 0.254 e. The van der Waals surface area contributed by atoms with Gasteiger partial charge in [0.15, 0.2) is 0 Å². The van der Waals surface area contributed by atoms with Gasteiger partial charge in [0.2, 0.25) is 0 Å². The molecule has 98 valence electrons. The largest absolute Gasteiger partial charge is 0.497 e. The molecule has 1 fully saturated rings. The highest BCUT2D eigenvalue weighted by Crippen LogP contribution is 2.17. The van der Waals surface area contributed by atoms with Gasteiger partial charge in [-0.1, -0.05) is 6.07 Å². The number of benzene rings is 1. The van der Waals surface area contributed by atoms with E-state index in [4.69, 9.17) is 9.47 Å². The van der Waals surface area contributed by atoms with Crippen LogP contribution in [0.3, 0.4) is 0 Å². The number of carbonyl (C=O) groups is 1. The molecule has 18 heavy (non-hydrogen) atoms. The third-order valence-electron chi connectivity index (χ3n) is 3.02. The van der Waals surface area contributed by atoms with E-state index in [1.165, 1.54) is 0 Å². The number of ether oxygens (including phenoxy) is 2. The molecule has 0 radical (unpaired) electrons. The molecule has 1 aromatic rings. The van der Waals surface area contributed by atoms with Crippen LogP contribution < -0.4 is 4.74 Å². The summed E-state index contributed by atoms with van der Waals surface area (Å²) in [6, 6.07) is 7.25. The van der Waals surface area contributed by atoms with Crippen molar-refractivity contribution >= 4 is 5.91 Å². The maximum Gasteiger partial charge on any atom is 0.254 e. The van der Waals surface area contributed by atoms with Crippen molar-refractivity contribution in [2.24, 2.45) is 0 Å². The molecule has 0 saturated carbocycles. The number of rotatable bonds is 2. The summed E-state index contributed by atoms with van der Waals surface area (Å²) in [6.45, 7) is 5.25. The Labute approximate surface area is 107 Å². The van der Waals surface area contributed by atoms with Crippen LogP contribution in [-0.4, -0.2) is 43.2 Å². The summed E-state index contributed by atoms with van der Waals surface area (Å²) in [5, 5.41) is 0. The maximum absolute atomic E-state index is 12.4. The Morgan fingerprint density at radius 3 is 2.61 bits per heavy atom. The Balaban J connectivity index is 2.14. The van der Waals surface area contributed by atoms with Gasteiger partial charge < -0.3 is 14.4 Å². The molecule has 0 spiro atoms. The fraction of sp³-hybridized carbons (Fsp3) is 0.500. The van der Waals surface area contributed by atoms with Crippen molar-refractivity contribution in [3.8, 4) is 5.75 Å². The molecule has 4 nitrogen and oxygen atoms in total. The Kier molecular flexibility index (Phi) is 3.87. The minimum Gasteiger partial charge on any atom is -0.497 e. The summed E-state index contributed by atoms with van der Waals surface area (Å²) in [5.74, 6) is 0.742. The van der Waals surface area contributed by atoms with E-state index in [1.54, 1.807) is 13.2 Å². The van der Waals surface area contributed by atoms with E-state index in [9.17, 15) is 4.79 Å². The fourth-order valence-electron chi connectivity index (χ4n) is 2.28. The van der Waals surface area contributed by atoms with Crippen molar-refractivity contribution in [2.75, 3.05) is 20.2 Å². The second-order valence-electron chi connectivity index (χ2n) is 4.70. The van der Waals surface area contributed by atoms with Crippen molar-refractivity contribution in [1.29, 1.82) is 0 Å². The Bertz CT molecular complexity index is 423. The lowest BCUT2D eigenvalue weighted by molar-refractivity contribution is -0.0586. The molecule has 0 unspecified atom stereocenters. The van der Waals surface area contributed by atoms with Crippen LogP contribution in [0.5, 0.6) is 5.75 Å². The first kappa shape index (κ1) is 12.9. The standard InChI is InChI=1S/C14H19NO3/c1-10-8-15(9-11(2)18-10)14(16)12-5-4-6-13(7-12)17-3/h4-7,10-11H,8-9H2,1-3H3/t10-,11+. The predicted molar refractivity (Wildman–Crippen MR) is 68.9 cm³/mol. The number of methoxy groups -OCH3 is 1. The normalized spacial score (nSPS) is 23.8. The SMILES string of the molecule is COc1cccc(C(=O)N2C[C@@H](C)O[C@@H](C)C2)c1. The molecule has 2 atom stereocenters. The van der Waals surface area contributed by atoms with Gasteiger partial charge in [0.05, 0.1) is 19.3 Å². The zero-order chi connectivity index (χ0) is 13.1. The van der Waals surface area contributed by atoms with Gasteiger partial charge in [-0.3, -0.25) is 4.79 Å². The van der Waals surface area contributed by atoms with Gasteiger partial charge in [0.25, 0.3) is 5.91 Å². The molecule has 1 aliphatic rings. The van der Waals surface area contributed by atoms with Crippen LogP contribution in [0.4, 0.5) is 0 Å². The number of carbonyl (C=O) groups excluding carboxylic acids is 1. The first-order valence-electron chi connectivity index (χ1n) is 6.19. The van der Waals surface area contributed by atoms with Crippen LogP contribution in [0.2, 0.25) is 0 Å². The third kappa shape index (κ3) is 2.82. The first-order valence-corrected chi connectivity index (χ1v) is 6.19. The van der Waals surface area contributed by atoms with Crippen molar-refractivity contribution in [1.82, 2.24) is 4.90 Å². The van der Waals surface area contributed by atoms with Crippen LogP contribution in [0.15, 0.2) is 24.3 Å². The van der Waals surface area contributed by atoms with Gasteiger partial charge in [-0.05, 0) is 32.0 Å². The van der Waals surface area contributed by atoms with Gasteiger partial charge in [-0.25, -0.2) is 0 Å².